The van der Waals surface area contributed by atoms with Crippen LogP contribution in [0.15, 0.2) is 24.3 Å². The van der Waals surface area contributed by atoms with Crippen LogP contribution in [0.4, 0.5) is 13.2 Å². The van der Waals surface area contributed by atoms with Crippen molar-refractivity contribution in [3.63, 3.8) is 0 Å². The number of rotatable bonds is 5. The standard InChI is InChI=1S/C14H16F3NO3/c1-9(2)10-3-5-11(6-4-10)13(21)18(7-12(19)20)8-14(15,16)17/h3-6,9H,7-8H2,1-2H3,(H,19,20). The summed E-state index contributed by atoms with van der Waals surface area (Å²) in [4.78, 5) is 22.9. The Morgan fingerprint density at radius 2 is 1.71 bits per heavy atom. The van der Waals surface area contributed by atoms with E-state index in [0.29, 0.717) is 0 Å². The molecule has 21 heavy (non-hydrogen) atoms. The second kappa shape index (κ2) is 6.60. The summed E-state index contributed by atoms with van der Waals surface area (Å²) in [5.74, 6) is -2.23. The Labute approximate surface area is 120 Å². The summed E-state index contributed by atoms with van der Waals surface area (Å²) < 4.78 is 37.2. The van der Waals surface area contributed by atoms with E-state index in [1.165, 1.54) is 12.1 Å². The average Bonchev–Trinajstić information content (AvgIpc) is 2.35. The summed E-state index contributed by atoms with van der Waals surface area (Å²) >= 11 is 0. The van der Waals surface area contributed by atoms with Gasteiger partial charge in [0.25, 0.3) is 5.91 Å². The zero-order valence-corrected chi connectivity index (χ0v) is 11.6. The minimum atomic E-state index is -4.65. The van der Waals surface area contributed by atoms with Crippen molar-refractivity contribution in [2.45, 2.75) is 25.9 Å². The second-order valence-electron chi connectivity index (χ2n) is 4.95. The molecule has 116 valence electrons. The van der Waals surface area contributed by atoms with Gasteiger partial charge in [-0.1, -0.05) is 26.0 Å². The summed E-state index contributed by atoms with van der Waals surface area (Å²) in [5.41, 5.74) is 0.969. The second-order valence-corrected chi connectivity index (χ2v) is 4.95. The maximum absolute atomic E-state index is 12.4. The lowest BCUT2D eigenvalue weighted by Crippen LogP contribution is -2.42. The number of carboxylic acid groups (broad SMARTS) is 1. The fourth-order valence-corrected chi connectivity index (χ4v) is 1.77. The highest BCUT2D eigenvalue weighted by molar-refractivity contribution is 5.95. The van der Waals surface area contributed by atoms with E-state index in [4.69, 9.17) is 5.11 Å². The predicted octanol–water partition coefficient (Wildman–Crippen LogP) is 2.90. The van der Waals surface area contributed by atoms with Crippen LogP contribution in [0.3, 0.4) is 0 Å². The first-order valence-electron chi connectivity index (χ1n) is 6.28. The molecule has 7 heteroatoms. The van der Waals surface area contributed by atoms with Gasteiger partial charge in [-0.25, -0.2) is 0 Å². The first-order chi connectivity index (χ1) is 9.60. The number of benzene rings is 1. The maximum Gasteiger partial charge on any atom is 0.406 e. The van der Waals surface area contributed by atoms with Gasteiger partial charge >= 0.3 is 12.1 Å². The SMILES string of the molecule is CC(C)c1ccc(C(=O)N(CC(=O)O)CC(F)(F)F)cc1. The van der Waals surface area contributed by atoms with E-state index in [9.17, 15) is 22.8 Å². The number of carboxylic acids is 1. The summed E-state index contributed by atoms with van der Waals surface area (Å²) in [7, 11) is 0. The summed E-state index contributed by atoms with van der Waals surface area (Å²) in [6.07, 6.45) is -4.65. The van der Waals surface area contributed by atoms with Crippen LogP contribution in [0.25, 0.3) is 0 Å². The molecule has 0 saturated heterocycles. The Morgan fingerprint density at radius 1 is 1.19 bits per heavy atom. The van der Waals surface area contributed by atoms with Crippen molar-refractivity contribution in [3.05, 3.63) is 35.4 Å². The average molecular weight is 303 g/mol. The number of carbonyl (C=O) groups is 2. The van der Waals surface area contributed by atoms with Crippen LogP contribution < -0.4 is 0 Å². The molecule has 0 aromatic heterocycles. The van der Waals surface area contributed by atoms with Crippen molar-refractivity contribution in [1.29, 1.82) is 0 Å². The van der Waals surface area contributed by atoms with E-state index in [1.807, 2.05) is 13.8 Å². The molecule has 4 nitrogen and oxygen atoms in total. The molecule has 0 bridgehead atoms. The van der Waals surface area contributed by atoms with Crippen LogP contribution in [0.2, 0.25) is 0 Å². The first kappa shape index (κ1) is 17.0. The van der Waals surface area contributed by atoms with Crippen LogP contribution in [0.1, 0.15) is 35.7 Å². The Morgan fingerprint density at radius 3 is 2.10 bits per heavy atom. The van der Waals surface area contributed by atoms with Crippen LogP contribution >= 0.6 is 0 Å². The van der Waals surface area contributed by atoms with E-state index in [1.54, 1.807) is 12.1 Å². The molecule has 0 aliphatic rings. The topological polar surface area (TPSA) is 57.6 Å². The number of aliphatic carboxylic acids is 1. The molecule has 1 aromatic rings. The fourth-order valence-electron chi connectivity index (χ4n) is 1.77. The predicted molar refractivity (Wildman–Crippen MR) is 70.1 cm³/mol. The van der Waals surface area contributed by atoms with Gasteiger partial charge in [0.05, 0.1) is 0 Å². The molecule has 0 heterocycles. The number of hydrogen-bond acceptors (Lipinski definition) is 2. The van der Waals surface area contributed by atoms with E-state index in [0.717, 1.165) is 5.56 Å². The Hall–Kier alpha value is -2.05. The van der Waals surface area contributed by atoms with Gasteiger partial charge in [0.2, 0.25) is 0 Å². The lowest BCUT2D eigenvalue weighted by Gasteiger charge is -2.22. The van der Waals surface area contributed by atoms with E-state index < -0.39 is 31.1 Å². The lowest BCUT2D eigenvalue weighted by molar-refractivity contribution is -0.149. The molecule has 0 spiro atoms. The lowest BCUT2D eigenvalue weighted by atomic mass is 10.0. The molecule has 1 rings (SSSR count). The summed E-state index contributed by atoms with van der Waals surface area (Å²) in [5, 5.41) is 8.63. The number of alkyl halides is 3. The highest BCUT2D eigenvalue weighted by atomic mass is 19.4. The Balaban J connectivity index is 2.96. The van der Waals surface area contributed by atoms with Crippen LogP contribution in [0, 0.1) is 0 Å². The highest BCUT2D eigenvalue weighted by Gasteiger charge is 2.34. The quantitative estimate of drug-likeness (QED) is 0.910. The number of amides is 1. The van der Waals surface area contributed by atoms with E-state index in [2.05, 4.69) is 0 Å². The number of nitrogens with zero attached hydrogens (tertiary/aromatic N) is 1. The Kier molecular flexibility index (Phi) is 5.34. The number of hydrogen-bond donors (Lipinski definition) is 1. The normalized spacial score (nSPS) is 11.5. The fraction of sp³-hybridized carbons (Fsp3) is 0.429. The third kappa shape index (κ3) is 5.45. The Bertz CT molecular complexity index is 509. The minimum Gasteiger partial charge on any atom is -0.480 e. The monoisotopic (exact) mass is 303 g/mol. The summed E-state index contributed by atoms with van der Waals surface area (Å²) in [6.45, 7) is 1.29. The van der Waals surface area contributed by atoms with Crippen molar-refractivity contribution in [2.75, 3.05) is 13.1 Å². The molecule has 1 amide bonds. The zero-order chi connectivity index (χ0) is 16.2. The zero-order valence-electron chi connectivity index (χ0n) is 11.6. The van der Waals surface area contributed by atoms with Gasteiger partial charge in [0, 0.05) is 5.56 Å². The van der Waals surface area contributed by atoms with Gasteiger partial charge in [-0.05, 0) is 23.6 Å². The van der Waals surface area contributed by atoms with Crippen molar-refractivity contribution < 1.29 is 27.9 Å². The van der Waals surface area contributed by atoms with E-state index >= 15 is 0 Å². The van der Waals surface area contributed by atoms with Gasteiger partial charge in [-0.2, -0.15) is 13.2 Å². The molecule has 0 radical (unpaired) electrons. The van der Waals surface area contributed by atoms with Gasteiger partial charge in [-0.15, -0.1) is 0 Å². The molecular weight excluding hydrogens is 287 g/mol. The molecule has 0 atom stereocenters. The van der Waals surface area contributed by atoms with Crippen molar-refractivity contribution in [3.8, 4) is 0 Å². The van der Waals surface area contributed by atoms with Crippen LogP contribution in [-0.4, -0.2) is 41.1 Å². The molecule has 0 saturated carbocycles. The smallest absolute Gasteiger partial charge is 0.406 e. The molecule has 1 N–H and O–H groups in total. The molecule has 0 unspecified atom stereocenters. The highest BCUT2D eigenvalue weighted by Crippen LogP contribution is 2.19. The molecular formula is C14H16F3NO3. The maximum atomic E-state index is 12.4. The third-order valence-corrected chi connectivity index (χ3v) is 2.81. The van der Waals surface area contributed by atoms with Crippen molar-refractivity contribution in [1.82, 2.24) is 4.90 Å². The molecule has 1 aromatic carbocycles. The largest absolute Gasteiger partial charge is 0.480 e. The third-order valence-electron chi connectivity index (χ3n) is 2.81. The van der Waals surface area contributed by atoms with E-state index in [-0.39, 0.29) is 16.4 Å². The van der Waals surface area contributed by atoms with Gasteiger partial charge in [0.1, 0.15) is 13.1 Å². The summed E-state index contributed by atoms with van der Waals surface area (Å²) in [6, 6.07) is 6.10. The molecule has 0 aliphatic heterocycles. The van der Waals surface area contributed by atoms with Crippen LogP contribution in [-0.2, 0) is 4.79 Å². The molecule has 0 fully saturated rings. The van der Waals surface area contributed by atoms with Gasteiger partial charge in [-0.3, -0.25) is 9.59 Å². The van der Waals surface area contributed by atoms with Gasteiger partial charge in [0.15, 0.2) is 0 Å². The number of halogens is 3. The van der Waals surface area contributed by atoms with Gasteiger partial charge < -0.3 is 10.0 Å². The van der Waals surface area contributed by atoms with Crippen LogP contribution in [0.5, 0.6) is 0 Å². The first-order valence-corrected chi connectivity index (χ1v) is 6.28. The molecule has 0 aliphatic carbocycles. The van der Waals surface area contributed by atoms with Crippen molar-refractivity contribution >= 4 is 11.9 Å². The van der Waals surface area contributed by atoms with Crippen molar-refractivity contribution in [2.24, 2.45) is 0 Å². The number of carbonyl (C=O) groups excluding carboxylic acids is 1. The minimum absolute atomic E-state index is 0.0323.